The number of hydrogen-bond acceptors (Lipinski definition) is 8. The van der Waals surface area contributed by atoms with Crippen LogP contribution in [0.2, 0.25) is 0 Å². The van der Waals surface area contributed by atoms with Crippen LogP contribution in [0.1, 0.15) is 44.1 Å². The Balaban J connectivity index is 2.97. The molecule has 0 fully saturated rings. The molecule has 1 aromatic rings. The second-order valence-corrected chi connectivity index (χ2v) is 8.71. The second kappa shape index (κ2) is 16.7. The van der Waals surface area contributed by atoms with E-state index in [0.29, 0.717) is 19.4 Å². The summed E-state index contributed by atoms with van der Waals surface area (Å²) in [6.45, 7) is 0.304. The highest BCUT2D eigenvalue weighted by Crippen LogP contribution is 2.07. The molecule has 0 aliphatic carbocycles. The summed E-state index contributed by atoms with van der Waals surface area (Å²) >= 11 is 0. The maximum atomic E-state index is 13.0. The summed E-state index contributed by atoms with van der Waals surface area (Å²) in [5.74, 6) is -6.09. The quantitative estimate of drug-likeness (QED) is 0.0953. The van der Waals surface area contributed by atoms with Gasteiger partial charge in [0.2, 0.25) is 23.6 Å². The first kappa shape index (κ1) is 32.0. The zero-order valence-electron chi connectivity index (χ0n) is 20.9. The Bertz CT molecular complexity index is 974. The lowest BCUT2D eigenvalue weighted by molar-refractivity contribution is -0.143. The normalized spacial score (nSPS) is 13.8. The predicted molar refractivity (Wildman–Crippen MR) is 135 cm³/mol. The van der Waals surface area contributed by atoms with Crippen molar-refractivity contribution in [3.8, 4) is 0 Å². The number of unbranched alkanes of at least 4 members (excludes halogenated alkanes) is 1. The molecule has 0 saturated carbocycles. The standard InChI is InChI=1S/C24H36N6O8/c25-11-5-4-8-16(22(35)29-17(24(37)38)9-10-20(32)33)28-23(36)18(13-19(27)31)30-21(34)15(26)12-14-6-2-1-3-7-14/h1-3,6-7,15-18H,4-5,8-13,25-26H2,(H2,27,31)(H,28,36)(H,29,35)(H,30,34)(H,32,33)(H,37,38)/t15-,16-,17-,18-/m0/s1. The van der Waals surface area contributed by atoms with E-state index < -0.39 is 72.6 Å². The van der Waals surface area contributed by atoms with Crippen molar-refractivity contribution in [2.75, 3.05) is 6.54 Å². The van der Waals surface area contributed by atoms with E-state index in [-0.39, 0.29) is 19.3 Å². The Hall–Kier alpha value is -4.04. The van der Waals surface area contributed by atoms with Crippen molar-refractivity contribution in [2.45, 2.75) is 69.1 Å². The molecule has 14 heteroatoms. The van der Waals surface area contributed by atoms with E-state index in [1.54, 1.807) is 30.3 Å². The molecule has 11 N–H and O–H groups in total. The fourth-order valence-corrected chi connectivity index (χ4v) is 3.48. The van der Waals surface area contributed by atoms with Crippen LogP contribution in [-0.2, 0) is 35.2 Å². The summed E-state index contributed by atoms with van der Waals surface area (Å²) in [5, 5.41) is 25.2. The fraction of sp³-hybridized carbons (Fsp3) is 0.500. The van der Waals surface area contributed by atoms with Gasteiger partial charge in [0.15, 0.2) is 0 Å². The van der Waals surface area contributed by atoms with E-state index in [9.17, 15) is 33.9 Å². The number of carboxylic acid groups (broad SMARTS) is 2. The molecular weight excluding hydrogens is 500 g/mol. The lowest BCUT2D eigenvalue weighted by Gasteiger charge is -2.25. The van der Waals surface area contributed by atoms with Gasteiger partial charge < -0.3 is 43.4 Å². The number of carbonyl (C=O) groups is 6. The van der Waals surface area contributed by atoms with Gasteiger partial charge >= 0.3 is 11.9 Å². The topological polar surface area (TPSA) is 257 Å². The lowest BCUT2D eigenvalue weighted by atomic mass is 10.0. The van der Waals surface area contributed by atoms with Crippen LogP contribution in [0.5, 0.6) is 0 Å². The highest BCUT2D eigenvalue weighted by Gasteiger charge is 2.31. The number of amides is 4. The molecule has 0 aliphatic rings. The van der Waals surface area contributed by atoms with Crippen LogP contribution in [0.25, 0.3) is 0 Å². The molecule has 0 bridgehead atoms. The monoisotopic (exact) mass is 536 g/mol. The molecule has 0 heterocycles. The molecule has 1 aromatic carbocycles. The van der Waals surface area contributed by atoms with Gasteiger partial charge in [-0.3, -0.25) is 24.0 Å². The van der Waals surface area contributed by atoms with Crippen molar-refractivity contribution < 1.29 is 39.0 Å². The van der Waals surface area contributed by atoms with Gasteiger partial charge in [-0.25, -0.2) is 4.79 Å². The van der Waals surface area contributed by atoms with Crippen molar-refractivity contribution in [1.29, 1.82) is 0 Å². The van der Waals surface area contributed by atoms with Gasteiger partial charge in [-0.1, -0.05) is 30.3 Å². The van der Waals surface area contributed by atoms with E-state index in [0.717, 1.165) is 5.56 Å². The van der Waals surface area contributed by atoms with Crippen LogP contribution in [-0.4, -0.2) is 76.5 Å². The maximum absolute atomic E-state index is 13.0. The molecule has 0 radical (unpaired) electrons. The number of carbonyl (C=O) groups excluding carboxylic acids is 4. The third-order valence-corrected chi connectivity index (χ3v) is 5.51. The average Bonchev–Trinajstić information content (AvgIpc) is 2.85. The Labute approximate surface area is 219 Å². The average molecular weight is 537 g/mol. The van der Waals surface area contributed by atoms with Gasteiger partial charge in [0.1, 0.15) is 18.1 Å². The van der Waals surface area contributed by atoms with Crippen molar-refractivity contribution in [2.24, 2.45) is 17.2 Å². The summed E-state index contributed by atoms with van der Waals surface area (Å²) in [4.78, 5) is 72.4. The SMILES string of the molecule is NCCCC[C@H](NC(=O)[C@H](CC(N)=O)NC(=O)[C@@H](N)Cc1ccccc1)C(=O)N[C@@H](CCC(=O)O)C(=O)O. The summed E-state index contributed by atoms with van der Waals surface area (Å²) in [7, 11) is 0. The number of hydrogen-bond donors (Lipinski definition) is 8. The van der Waals surface area contributed by atoms with Crippen molar-refractivity contribution in [3.63, 3.8) is 0 Å². The molecule has 0 saturated heterocycles. The molecule has 14 nitrogen and oxygen atoms in total. The smallest absolute Gasteiger partial charge is 0.326 e. The third kappa shape index (κ3) is 12.3. The summed E-state index contributed by atoms with van der Waals surface area (Å²) in [6, 6.07) is 3.62. The highest BCUT2D eigenvalue weighted by molar-refractivity contribution is 5.96. The molecule has 1 rings (SSSR count). The minimum absolute atomic E-state index is 0.0603. The van der Waals surface area contributed by atoms with Gasteiger partial charge in [-0.2, -0.15) is 0 Å². The number of carboxylic acids is 2. The van der Waals surface area contributed by atoms with E-state index in [4.69, 9.17) is 22.3 Å². The van der Waals surface area contributed by atoms with E-state index in [1.165, 1.54) is 0 Å². The summed E-state index contributed by atoms with van der Waals surface area (Å²) in [5.41, 5.74) is 17.5. The Kier molecular flexibility index (Phi) is 14.0. The summed E-state index contributed by atoms with van der Waals surface area (Å²) < 4.78 is 0. The lowest BCUT2D eigenvalue weighted by Crippen LogP contribution is -2.57. The molecule has 38 heavy (non-hydrogen) atoms. The van der Waals surface area contributed by atoms with Crippen LogP contribution < -0.4 is 33.2 Å². The number of primary amides is 1. The number of nitrogens with one attached hydrogen (secondary N) is 3. The van der Waals surface area contributed by atoms with Crippen molar-refractivity contribution in [1.82, 2.24) is 16.0 Å². The number of aliphatic carboxylic acids is 2. The first-order valence-corrected chi connectivity index (χ1v) is 12.1. The summed E-state index contributed by atoms with van der Waals surface area (Å²) in [6.07, 6.45) is -0.354. The predicted octanol–water partition coefficient (Wildman–Crippen LogP) is -2.04. The van der Waals surface area contributed by atoms with Gasteiger partial charge in [-0.05, 0) is 44.2 Å². The number of nitrogens with two attached hydrogens (primary N) is 3. The third-order valence-electron chi connectivity index (χ3n) is 5.51. The van der Waals surface area contributed by atoms with Crippen molar-refractivity contribution >= 4 is 35.6 Å². The molecule has 210 valence electrons. The molecule has 4 amide bonds. The van der Waals surface area contributed by atoms with E-state index >= 15 is 0 Å². The van der Waals surface area contributed by atoms with Crippen LogP contribution in [0.4, 0.5) is 0 Å². The Morgan fingerprint density at radius 3 is 1.92 bits per heavy atom. The van der Waals surface area contributed by atoms with Crippen LogP contribution in [0.15, 0.2) is 30.3 Å². The van der Waals surface area contributed by atoms with E-state index in [2.05, 4.69) is 16.0 Å². The second-order valence-electron chi connectivity index (χ2n) is 8.71. The van der Waals surface area contributed by atoms with Gasteiger partial charge in [-0.15, -0.1) is 0 Å². The molecular formula is C24H36N6O8. The zero-order valence-corrected chi connectivity index (χ0v) is 20.9. The first-order chi connectivity index (χ1) is 17.9. The molecule has 0 aliphatic heterocycles. The van der Waals surface area contributed by atoms with Gasteiger partial charge in [0, 0.05) is 6.42 Å². The van der Waals surface area contributed by atoms with Crippen LogP contribution >= 0.6 is 0 Å². The zero-order chi connectivity index (χ0) is 28.7. The fourth-order valence-electron chi connectivity index (χ4n) is 3.48. The molecule has 0 spiro atoms. The molecule has 0 aromatic heterocycles. The minimum Gasteiger partial charge on any atom is -0.481 e. The number of rotatable bonds is 18. The molecule has 0 unspecified atom stereocenters. The highest BCUT2D eigenvalue weighted by atomic mass is 16.4. The maximum Gasteiger partial charge on any atom is 0.326 e. The van der Waals surface area contributed by atoms with Crippen molar-refractivity contribution in [3.05, 3.63) is 35.9 Å². The first-order valence-electron chi connectivity index (χ1n) is 12.1. The number of benzene rings is 1. The Morgan fingerprint density at radius 2 is 1.37 bits per heavy atom. The minimum atomic E-state index is -1.51. The largest absolute Gasteiger partial charge is 0.481 e. The van der Waals surface area contributed by atoms with Crippen LogP contribution in [0.3, 0.4) is 0 Å². The van der Waals surface area contributed by atoms with Gasteiger partial charge in [0.05, 0.1) is 12.5 Å². The molecule has 4 atom stereocenters. The Morgan fingerprint density at radius 1 is 0.789 bits per heavy atom. The van der Waals surface area contributed by atoms with Crippen LogP contribution in [0, 0.1) is 0 Å². The van der Waals surface area contributed by atoms with Gasteiger partial charge in [0.25, 0.3) is 0 Å². The van der Waals surface area contributed by atoms with E-state index in [1.807, 2.05) is 0 Å².